The van der Waals surface area contributed by atoms with Crippen molar-refractivity contribution in [3.05, 3.63) is 61.2 Å². The molecule has 0 aromatic heterocycles. The van der Waals surface area contributed by atoms with Crippen LogP contribution in [0.25, 0.3) is 0 Å². The molecule has 0 spiro atoms. The van der Waals surface area contributed by atoms with E-state index in [1.807, 2.05) is 24.3 Å². The molecule has 1 N–H and O–H groups in total. The Bertz CT molecular complexity index is 342. The third-order valence-corrected chi connectivity index (χ3v) is 3.33. The summed E-state index contributed by atoms with van der Waals surface area (Å²) in [6.45, 7) is 13.6. The van der Waals surface area contributed by atoms with Crippen LogP contribution in [0.3, 0.4) is 0 Å². The highest BCUT2D eigenvalue weighted by Crippen LogP contribution is 2.02. The van der Waals surface area contributed by atoms with E-state index in [9.17, 15) is 0 Å². The first-order chi connectivity index (χ1) is 11.1. The quantitative estimate of drug-likeness (QED) is 0.389. The zero-order chi connectivity index (χ0) is 17.8. The molecule has 0 fully saturated rings. The standard InChI is InChI=1S/C8H16O.C7H8.C7H14/c1-3-5-6-7-8(9)4-2;1-7-5-3-2-4-6-7;1-3-5-7-6-4-2/h4,8-9H,2-3,5-7H2,1H3;2-6H,1H3;3H,1,4-7H2,2H3. The number of allylic oxidation sites excluding steroid dienone is 1. The number of aryl methyl sites for hydroxylation is 1. The van der Waals surface area contributed by atoms with Crippen LogP contribution in [0.5, 0.6) is 0 Å². The van der Waals surface area contributed by atoms with Gasteiger partial charge in [0.25, 0.3) is 0 Å². The molecular weight excluding hydrogens is 280 g/mol. The SMILES string of the molecule is C=CC(O)CCCCC.C=CCCCCC.Cc1ccccc1. The lowest BCUT2D eigenvalue weighted by atomic mass is 10.1. The zero-order valence-corrected chi connectivity index (χ0v) is 15.6. The van der Waals surface area contributed by atoms with Crippen LogP contribution in [0.4, 0.5) is 0 Å². The van der Waals surface area contributed by atoms with Gasteiger partial charge < -0.3 is 5.11 Å². The van der Waals surface area contributed by atoms with E-state index < -0.39 is 0 Å². The van der Waals surface area contributed by atoms with Gasteiger partial charge in [0, 0.05) is 0 Å². The lowest BCUT2D eigenvalue weighted by Crippen LogP contribution is -1.99. The number of aliphatic hydroxyl groups excluding tert-OH is 1. The molecule has 1 atom stereocenters. The maximum Gasteiger partial charge on any atom is 0.0718 e. The summed E-state index contributed by atoms with van der Waals surface area (Å²) in [6, 6.07) is 10.3. The van der Waals surface area contributed by atoms with Gasteiger partial charge in [-0.05, 0) is 26.2 Å². The molecule has 132 valence electrons. The van der Waals surface area contributed by atoms with Gasteiger partial charge in [0.2, 0.25) is 0 Å². The van der Waals surface area contributed by atoms with Crippen molar-refractivity contribution in [2.75, 3.05) is 0 Å². The summed E-state index contributed by atoms with van der Waals surface area (Å²) in [6.07, 6.45) is 12.9. The Labute approximate surface area is 145 Å². The van der Waals surface area contributed by atoms with E-state index in [0.29, 0.717) is 0 Å². The summed E-state index contributed by atoms with van der Waals surface area (Å²) in [5.41, 5.74) is 1.32. The molecule has 0 aliphatic rings. The van der Waals surface area contributed by atoms with E-state index in [0.717, 1.165) is 12.8 Å². The van der Waals surface area contributed by atoms with E-state index in [2.05, 4.69) is 46.1 Å². The van der Waals surface area contributed by atoms with Crippen LogP contribution in [-0.2, 0) is 0 Å². The van der Waals surface area contributed by atoms with Crippen molar-refractivity contribution < 1.29 is 5.11 Å². The molecule has 0 saturated heterocycles. The first-order valence-electron chi connectivity index (χ1n) is 9.05. The van der Waals surface area contributed by atoms with E-state index in [1.54, 1.807) is 6.08 Å². The molecule has 23 heavy (non-hydrogen) atoms. The topological polar surface area (TPSA) is 20.2 Å². The molecule has 0 aliphatic carbocycles. The number of hydrogen-bond donors (Lipinski definition) is 1. The third-order valence-electron chi connectivity index (χ3n) is 3.33. The van der Waals surface area contributed by atoms with Crippen molar-refractivity contribution in [2.45, 2.75) is 78.2 Å². The van der Waals surface area contributed by atoms with Crippen molar-refractivity contribution >= 4 is 0 Å². The Morgan fingerprint density at radius 1 is 0.957 bits per heavy atom. The fraction of sp³-hybridized carbons (Fsp3) is 0.545. The van der Waals surface area contributed by atoms with Crippen LogP contribution in [0.15, 0.2) is 55.6 Å². The molecule has 1 unspecified atom stereocenters. The second kappa shape index (κ2) is 20.7. The highest BCUT2D eigenvalue weighted by atomic mass is 16.3. The fourth-order valence-electron chi connectivity index (χ4n) is 1.79. The van der Waals surface area contributed by atoms with Crippen molar-refractivity contribution in [3.63, 3.8) is 0 Å². The summed E-state index contributed by atoms with van der Waals surface area (Å²) >= 11 is 0. The molecule has 1 aromatic rings. The Morgan fingerprint density at radius 2 is 1.52 bits per heavy atom. The number of rotatable bonds is 9. The van der Waals surface area contributed by atoms with Gasteiger partial charge >= 0.3 is 0 Å². The van der Waals surface area contributed by atoms with Crippen LogP contribution >= 0.6 is 0 Å². The molecule has 0 radical (unpaired) electrons. The van der Waals surface area contributed by atoms with Crippen LogP contribution in [0, 0.1) is 6.92 Å². The molecular formula is C22H38O. The summed E-state index contributed by atoms with van der Waals surface area (Å²) in [5, 5.41) is 8.97. The minimum atomic E-state index is -0.281. The van der Waals surface area contributed by atoms with Crippen LogP contribution in [0.2, 0.25) is 0 Å². The Kier molecular flexibility index (Phi) is 21.5. The molecule has 0 amide bonds. The summed E-state index contributed by atoms with van der Waals surface area (Å²) in [7, 11) is 0. The number of benzene rings is 1. The predicted octanol–water partition coefficient (Wildman–Crippen LogP) is 6.86. The highest BCUT2D eigenvalue weighted by molar-refractivity contribution is 5.11. The first-order valence-corrected chi connectivity index (χ1v) is 9.05. The molecule has 1 heteroatoms. The second-order valence-corrected chi connectivity index (χ2v) is 5.74. The number of aliphatic hydroxyl groups is 1. The average molecular weight is 319 g/mol. The second-order valence-electron chi connectivity index (χ2n) is 5.74. The smallest absolute Gasteiger partial charge is 0.0718 e. The predicted molar refractivity (Wildman–Crippen MR) is 106 cm³/mol. The number of hydrogen-bond acceptors (Lipinski definition) is 1. The largest absolute Gasteiger partial charge is 0.389 e. The third kappa shape index (κ3) is 23.1. The Balaban J connectivity index is 0. The van der Waals surface area contributed by atoms with Crippen molar-refractivity contribution in [1.82, 2.24) is 0 Å². The van der Waals surface area contributed by atoms with Gasteiger partial charge in [-0.3, -0.25) is 0 Å². The minimum Gasteiger partial charge on any atom is -0.389 e. The normalized spacial score (nSPS) is 10.4. The summed E-state index contributed by atoms with van der Waals surface area (Å²) in [5.74, 6) is 0. The first kappa shape index (κ1) is 23.9. The Morgan fingerprint density at radius 3 is 1.91 bits per heavy atom. The van der Waals surface area contributed by atoms with E-state index in [-0.39, 0.29) is 6.10 Å². The Hall–Kier alpha value is -1.34. The molecule has 1 aromatic carbocycles. The van der Waals surface area contributed by atoms with Gasteiger partial charge in [-0.15, -0.1) is 13.2 Å². The molecule has 0 saturated carbocycles. The maximum absolute atomic E-state index is 8.97. The maximum atomic E-state index is 8.97. The van der Waals surface area contributed by atoms with Gasteiger partial charge in [-0.25, -0.2) is 0 Å². The lowest BCUT2D eigenvalue weighted by molar-refractivity contribution is 0.208. The zero-order valence-electron chi connectivity index (χ0n) is 15.6. The van der Waals surface area contributed by atoms with Gasteiger partial charge in [-0.1, -0.05) is 94.0 Å². The summed E-state index contributed by atoms with van der Waals surface area (Å²) in [4.78, 5) is 0. The van der Waals surface area contributed by atoms with Crippen LogP contribution < -0.4 is 0 Å². The fourth-order valence-corrected chi connectivity index (χ4v) is 1.79. The molecule has 0 aliphatic heterocycles. The van der Waals surface area contributed by atoms with Crippen LogP contribution in [-0.4, -0.2) is 11.2 Å². The number of unbranched alkanes of at least 4 members (excludes halogenated alkanes) is 5. The highest BCUT2D eigenvalue weighted by Gasteiger charge is 1.94. The average Bonchev–Trinajstić information content (AvgIpc) is 2.57. The van der Waals surface area contributed by atoms with Gasteiger partial charge in [-0.2, -0.15) is 0 Å². The van der Waals surface area contributed by atoms with Crippen molar-refractivity contribution in [2.24, 2.45) is 0 Å². The lowest BCUT2D eigenvalue weighted by Gasteiger charge is -2.01. The molecule has 1 rings (SSSR count). The molecule has 0 bridgehead atoms. The summed E-state index contributed by atoms with van der Waals surface area (Å²) < 4.78 is 0. The van der Waals surface area contributed by atoms with E-state index >= 15 is 0 Å². The van der Waals surface area contributed by atoms with Gasteiger partial charge in [0.1, 0.15) is 0 Å². The molecule has 0 heterocycles. The van der Waals surface area contributed by atoms with E-state index in [4.69, 9.17) is 5.11 Å². The van der Waals surface area contributed by atoms with Gasteiger partial charge in [0.15, 0.2) is 0 Å². The van der Waals surface area contributed by atoms with E-state index in [1.165, 1.54) is 44.1 Å². The van der Waals surface area contributed by atoms with Crippen molar-refractivity contribution in [3.8, 4) is 0 Å². The van der Waals surface area contributed by atoms with Gasteiger partial charge in [0.05, 0.1) is 6.10 Å². The van der Waals surface area contributed by atoms with Crippen molar-refractivity contribution in [1.29, 1.82) is 0 Å². The minimum absolute atomic E-state index is 0.281. The molecule has 1 nitrogen and oxygen atoms in total. The monoisotopic (exact) mass is 318 g/mol. The van der Waals surface area contributed by atoms with Crippen LogP contribution in [0.1, 0.15) is 70.8 Å².